The number of anilines is 1. The molecule has 0 amide bonds. The largest absolute Gasteiger partial charge is 0.398 e. The average Bonchev–Trinajstić information content (AvgIpc) is 2.26. The molecule has 2 N–H and O–H groups in total. The van der Waals surface area contributed by atoms with Crippen molar-refractivity contribution in [2.45, 2.75) is 41.5 Å². The van der Waals surface area contributed by atoms with Crippen LogP contribution in [0.2, 0.25) is 0 Å². The molecule has 0 fully saturated rings. The van der Waals surface area contributed by atoms with Gasteiger partial charge < -0.3 is 5.73 Å². The summed E-state index contributed by atoms with van der Waals surface area (Å²) in [4.78, 5) is 0. The Morgan fingerprint density at radius 3 is 2.07 bits per heavy atom. The van der Waals surface area contributed by atoms with E-state index >= 15 is 0 Å². The fourth-order valence-corrected chi connectivity index (χ4v) is 1.49. The summed E-state index contributed by atoms with van der Waals surface area (Å²) in [7, 11) is 0. The van der Waals surface area contributed by atoms with Crippen LogP contribution in [0.25, 0.3) is 6.08 Å². The van der Waals surface area contributed by atoms with Crippen LogP contribution in [-0.2, 0) is 0 Å². The van der Waals surface area contributed by atoms with Crippen LogP contribution in [0.15, 0.2) is 12.1 Å². The van der Waals surface area contributed by atoms with Crippen LogP contribution in [0.1, 0.15) is 43.0 Å². The molecule has 1 aromatic carbocycles. The van der Waals surface area contributed by atoms with Crippen LogP contribution >= 0.6 is 0 Å². The normalized spacial score (nSPS) is 10.0. The van der Waals surface area contributed by atoms with Crippen LogP contribution in [0.5, 0.6) is 0 Å². The van der Waals surface area contributed by atoms with Gasteiger partial charge in [-0.15, -0.1) is 0 Å². The highest BCUT2D eigenvalue weighted by Crippen LogP contribution is 2.24. The van der Waals surface area contributed by atoms with E-state index in [1.165, 1.54) is 16.7 Å². The number of nitrogen functional groups attached to an aromatic ring is 1. The molecule has 0 radical (unpaired) electrons. The van der Waals surface area contributed by atoms with Crippen LogP contribution in [-0.4, -0.2) is 0 Å². The number of hydrogen-bond donors (Lipinski definition) is 1. The number of allylic oxidation sites excluding steroid dienone is 1. The van der Waals surface area contributed by atoms with E-state index in [0.29, 0.717) is 0 Å². The predicted octanol–water partition coefficient (Wildman–Crippen LogP) is 4.25. The molecule has 15 heavy (non-hydrogen) atoms. The highest BCUT2D eigenvalue weighted by Gasteiger charge is 2.04. The molecule has 0 unspecified atom stereocenters. The molecular weight excluding hydrogens is 182 g/mol. The van der Waals surface area contributed by atoms with Crippen molar-refractivity contribution in [2.24, 2.45) is 0 Å². The standard InChI is InChI=1S/C12H17N.C2H6/c1-5-6-11-7-8(2)12(13)10(4)9(11)3;1-2/h5-7H,13H2,1-4H3;1-2H3/b6-5+;. The monoisotopic (exact) mass is 205 g/mol. The summed E-state index contributed by atoms with van der Waals surface area (Å²) >= 11 is 0. The van der Waals surface area contributed by atoms with E-state index in [-0.39, 0.29) is 0 Å². The van der Waals surface area contributed by atoms with Gasteiger partial charge in [0, 0.05) is 5.69 Å². The van der Waals surface area contributed by atoms with Gasteiger partial charge in [0.2, 0.25) is 0 Å². The zero-order valence-corrected chi connectivity index (χ0v) is 10.8. The van der Waals surface area contributed by atoms with Crippen molar-refractivity contribution in [3.8, 4) is 0 Å². The minimum Gasteiger partial charge on any atom is -0.398 e. The van der Waals surface area contributed by atoms with Gasteiger partial charge in [0.15, 0.2) is 0 Å². The summed E-state index contributed by atoms with van der Waals surface area (Å²) in [6.45, 7) is 12.3. The highest BCUT2D eigenvalue weighted by atomic mass is 14.6. The minimum absolute atomic E-state index is 0.922. The van der Waals surface area contributed by atoms with E-state index in [1.807, 2.05) is 20.8 Å². The quantitative estimate of drug-likeness (QED) is 0.681. The second-order valence-electron chi connectivity index (χ2n) is 3.45. The fraction of sp³-hybridized carbons (Fsp3) is 0.429. The minimum atomic E-state index is 0.922. The Balaban J connectivity index is 0.000000921. The van der Waals surface area contributed by atoms with Crippen molar-refractivity contribution in [3.63, 3.8) is 0 Å². The lowest BCUT2D eigenvalue weighted by molar-refractivity contribution is 1.29. The maximum atomic E-state index is 5.92. The first-order valence-corrected chi connectivity index (χ1v) is 5.57. The molecule has 0 aliphatic heterocycles. The number of rotatable bonds is 1. The maximum Gasteiger partial charge on any atom is 0.0376 e. The third kappa shape index (κ3) is 3.12. The Morgan fingerprint density at radius 1 is 1.07 bits per heavy atom. The van der Waals surface area contributed by atoms with Gasteiger partial charge in [-0.05, 0) is 56.0 Å². The first kappa shape index (κ1) is 13.8. The van der Waals surface area contributed by atoms with Gasteiger partial charge in [0.1, 0.15) is 0 Å². The molecule has 0 heterocycles. The van der Waals surface area contributed by atoms with Crippen molar-refractivity contribution in [3.05, 3.63) is 34.4 Å². The topological polar surface area (TPSA) is 26.0 Å². The lowest BCUT2D eigenvalue weighted by Gasteiger charge is -2.11. The molecule has 0 atom stereocenters. The summed E-state index contributed by atoms with van der Waals surface area (Å²) in [6.07, 6.45) is 4.17. The lowest BCUT2D eigenvalue weighted by atomic mass is 9.97. The Bertz CT molecular complexity index is 349. The third-order valence-corrected chi connectivity index (χ3v) is 2.54. The average molecular weight is 205 g/mol. The Hall–Kier alpha value is -1.24. The van der Waals surface area contributed by atoms with Crippen LogP contribution in [0.4, 0.5) is 5.69 Å². The molecule has 1 heteroatoms. The first-order chi connectivity index (χ1) is 7.07. The third-order valence-electron chi connectivity index (χ3n) is 2.54. The Kier molecular flexibility index (Phi) is 5.76. The van der Waals surface area contributed by atoms with Gasteiger partial charge in [-0.3, -0.25) is 0 Å². The number of nitrogens with two attached hydrogens (primary N) is 1. The summed E-state index contributed by atoms with van der Waals surface area (Å²) in [5, 5.41) is 0. The Morgan fingerprint density at radius 2 is 1.60 bits per heavy atom. The zero-order chi connectivity index (χ0) is 12.0. The number of hydrogen-bond acceptors (Lipinski definition) is 1. The van der Waals surface area contributed by atoms with Crippen molar-refractivity contribution in [1.82, 2.24) is 0 Å². The summed E-state index contributed by atoms with van der Waals surface area (Å²) in [5.41, 5.74) is 11.8. The fourth-order valence-electron chi connectivity index (χ4n) is 1.49. The van der Waals surface area contributed by atoms with Gasteiger partial charge in [0.25, 0.3) is 0 Å². The van der Waals surface area contributed by atoms with Crippen molar-refractivity contribution < 1.29 is 0 Å². The maximum absolute atomic E-state index is 5.92. The van der Waals surface area contributed by atoms with E-state index in [9.17, 15) is 0 Å². The molecule has 0 aromatic heterocycles. The molecule has 1 nitrogen and oxygen atoms in total. The smallest absolute Gasteiger partial charge is 0.0376 e. The SMILES string of the molecule is C/C=C/c1cc(C)c(N)c(C)c1C.CC. The molecule has 1 aromatic rings. The molecule has 0 saturated heterocycles. The van der Waals surface area contributed by atoms with E-state index in [1.54, 1.807) is 0 Å². The summed E-state index contributed by atoms with van der Waals surface area (Å²) in [6, 6.07) is 2.14. The highest BCUT2D eigenvalue weighted by molar-refractivity contribution is 5.65. The summed E-state index contributed by atoms with van der Waals surface area (Å²) in [5.74, 6) is 0. The molecule has 1 rings (SSSR count). The predicted molar refractivity (Wildman–Crippen MR) is 71.1 cm³/mol. The van der Waals surface area contributed by atoms with Gasteiger partial charge in [0.05, 0.1) is 0 Å². The molecule has 0 aliphatic rings. The van der Waals surface area contributed by atoms with Crippen LogP contribution < -0.4 is 5.73 Å². The molecule has 0 spiro atoms. The zero-order valence-electron chi connectivity index (χ0n) is 10.8. The molecule has 0 bridgehead atoms. The number of aryl methyl sites for hydroxylation is 1. The van der Waals surface area contributed by atoms with Crippen LogP contribution in [0.3, 0.4) is 0 Å². The van der Waals surface area contributed by atoms with Crippen molar-refractivity contribution in [2.75, 3.05) is 5.73 Å². The van der Waals surface area contributed by atoms with Crippen molar-refractivity contribution in [1.29, 1.82) is 0 Å². The van der Waals surface area contributed by atoms with Gasteiger partial charge in [-0.25, -0.2) is 0 Å². The molecule has 84 valence electrons. The molecular formula is C14H23N. The molecule has 0 aliphatic carbocycles. The van der Waals surface area contributed by atoms with Gasteiger partial charge >= 0.3 is 0 Å². The molecule has 0 saturated carbocycles. The Labute approximate surface area is 94.0 Å². The number of benzene rings is 1. The van der Waals surface area contributed by atoms with Crippen LogP contribution in [0, 0.1) is 20.8 Å². The second kappa shape index (κ2) is 6.28. The van der Waals surface area contributed by atoms with E-state index < -0.39 is 0 Å². The van der Waals surface area contributed by atoms with E-state index in [4.69, 9.17) is 5.73 Å². The summed E-state index contributed by atoms with van der Waals surface area (Å²) < 4.78 is 0. The first-order valence-electron chi connectivity index (χ1n) is 5.57. The second-order valence-corrected chi connectivity index (χ2v) is 3.45. The van der Waals surface area contributed by atoms with E-state index in [0.717, 1.165) is 11.3 Å². The van der Waals surface area contributed by atoms with Gasteiger partial charge in [-0.1, -0.05) is 26.0 Å². The van der Waals surface area contributed by atoms with Gasteiger partial charge in [-0.2, -0.15) is 0 Å². The van der Waals surface area contributed by atoms with Crippen molar-refractivity contribution >= 4 is 11.8 Å². The lowest BCUT2D eigenvalue weighted by Crippen LogP contribution is -1.98. The van der Waals surface area contributed by atoms with E-state index in [2.05, 4.69) is 39.0 Å².